The van der Waals surface area contributed by atoms with E-state index < -0.39 is 11.6 Å². The van der Waals surface area contributed by atoms with Gasteiger partial charge in [0.1, 0.15) is 23.9 Å². The number of anilines is 1. The van der Waals surface area contributed by atoms with E-state index in [0.29, 0.717) is 34.4 Å². The molecule has 0 saturated carbocycles. The van der Waals surface area contributed by atoms with E-state index in [1.807, 2.05) is 30.3 Å². The van der Waals surface area contributed by atoms with E-state index in [9.17, 15) is 9.59 Å². The predicted octanol–water partition coefficient (Wildman–Crippen LogP) is 2.36. The maximum absolute atomic E-state index is 13.2. The fourth-order valence-electron chi connectivity index (χ4n) is 3.42. The molecule has 4 rings (SSSR count). The van der Waals surface area contributed by atoms with Gasteiger partial charge in [-0.3, -0.25) is 4.79 Å². The summed E-state index contributed by atoms with van der Waals surface area (Å²) in [6.45, 7) is -0.0291. The molecule has 1 amide bonds. The molecule has 33 heavy (non-hydrogen) atoms. The third-order valence-electron chi connectivity index (χ3n) is 4.92. The summed E-state index contributed by atoms with van der Waals surface area (Å²) in [6, 6.07) is 16.0. The van der Waals surface area contributed by atoms with Gasteiger partial charge in [-0.1, -0.05) is 30.3 Å². The van der Waals surface area contributed by atoms with E-state index in [2.05, 4.69) is 15.4 Å². The first-order chi connectivity index (χ1) is 16.0. The molecular formula is C23H23N5O5. The van der Waals surface area contributed by atoms with Crippen molar-refractivity contribution in [3.05, 3.63) is 70.8 Å². The summed E-state index contributed by atoms with van der Waals surface area (Å²) in [4.78, 5) is 30.4. The molecule has 4 aromatic rings. The van der Waals surface area contributed by atoms with Crippen molar-refractivity contribution >= 4 is 17.2 Å². The van der Waals surface area contributed by atoms with Crippen LogP contribution in [0.2, 0.25) is 0 Å². The first kappa shape index (κ1) is 22.0. The lowest BCUT2D eigenvalue weighted by atomic mass is 10.2. The topological polar surface area (TPSA) is 109 Å². The van der Waals surface area contributed by atoms with Gasteiger partial charge in [0.25, 0.3) is 0 Å². The van der Waals surface area contributed by atoms with Gasteiger partial charge in [0.15, 0.2) is 5.65 Å². The Hall–Kier alpha value is -4.18. The number of hydrogen-bond acceptors (Lipinski definition) is 7. The number of benzene rings is 2. The molecule has 0 aliphatic rings. The number of fused-ring (bicyclic) bond motifs is 1. The maximum atomic E-state index is 13.2. The van der Waals surface area contributed by atoms with E-state index in [1.54, 1.807) is 38.5 Å². The van der Waals surface area contributed by atoms with E-state index in [0.717, 1.165) is 10.2 Å². The van der Waals surface area contributed by atoms with E-state index in [4.69, 9.17) is 14.2 Å². The number of carbonyl (C=O) groups is 1. The fraction of sp³-hybridized carbons (Fsp3) is 0.217. The van der Waals surface area contributed by atoms with Crippen LogP contribution in [0.1, 0.15) is 5.69 Å². The summed E-state index contributed by atoms with van der Waals surface area (Å²) >= 11 is 0. The molecule has 0 spiro atoms. The van der Waals surface area contributed by atoms with Gasteiger partial charge in [0.2, 0.25) is 5.91 Å². The molecule has 2 aromatic carbocycles. The fourth-order valence-corrected chi connectivity index (χ4v) is 3.42. The largest absolute Gasteiger partial charge is 0.497 e. The summed E-state index contributed by atoms with van der Waals surface area (Å²) in [5.41, 5.74) is 1.71. The molecule has 10 heteroatoms. The van der Waals surface area contributed by atoms with Crippen molar-refractivity contribution in [2.75, 3.05) is 26.6 Å². The summed E-state index contributed by atoms with van der Waals surface area (Å²) in [5.74, 6) is 1.02. The van der Waals surface area contributed by atoms with Gasteiger partial charge < -0.3 is 19.5 Å². The molecule has 0 bridgehead atoms. The summed E-state index contributed by atoms with van der Waals surface area (Å²) in [5, 5.41) is 7.10. The molecule has 0 fully saturated rings. The summed E-state index contributed by atoms with van der Waals surface area (Å²) < 4.78 is 18.2. The Kier molecular flexibility index (Phi) is 6.36. The highest BCUT2D eigenvalue weighted by Crippen LogP contribution is 2.29. The quantitative estimate of drug-likeness (QED) is 0.440. The number of rotatable bonds is 8. The number of methoxy groups -OCH3 is 3. The van der Waals surface area contributed by atoms with Crippen LogP contribution < -0.4 is 20.5 Å². The lowest BCUT2D eigenvalue weighted by Crippen LogP contribution is -2.29. The average molecular weight is 449 g/mol. The van der Waals surface area contributed by atoms with Gasteiger partial charge in [-0.05, 0) is 12.1 Å². The van der Waals surface area contributed by atoms with Gasteiger partial charge in [0.05, 0.1) is 32.2 Å². The monoisotopic (exact) mass is 449 g/mol. The van der Waals surface area contributed by atoms with Crippen LogP contribution in [-0.4, -0.2) is 46.4 Å². The van der Waals surface area contributed by atoms with Crippen LogP contribution in [0.25, 0.3) is 17.0 Å². The Morgan fingerprint density at radius 3 is 2.52 bits per heavy atom. The van der Waals surface area contributed by atoms with Crippen molar-refractivity contribution in [1.82, 2.24) is 19.2 Å². The van der Waals surface area contributed by atoms with Crippen molar-refractivity contribution in [3.8, 4) is 22.9 Å². The Labute approximate surface area is 189 Å². The third kappa shape index (κ3) is 4.55. The van der Waals surface area contributed by atoms with Gasteiger partial charge in [-0.25, -0.2) is 18.9 Å². The van der Waals surface area contributed by atoms with Crippen LogP contribution >= 0.6 is 0 Å². The number of nitrogens with zero attached hydrogens (tertiary/aromatic N) is 4. The molecule has 0 aliphatic heterocycles. The number of ether oxygens (including phenoxy) is 3. The molecular weight excluding hydrogens is 426 g/mol. The minimum Gasteiger partial charge on any atom is -0.497 e. The molecule has 2 heterocycles. The SMILES string of the molecule is COCc1cc2nn(CC(=O)Nc3ccc(OC)cc3OC)c(=O)n2c(-c2ccccc2)n1. The second-order valence-corrected chi connectivity index (χ2v) is 7.12. The van der Waals surface area contributed by atoms with E-state index in [-0.39, 0.29) is 13.2 Å². The van der Waals surface area contributed by atoms with Crippen molar-refractivity contribution in [1.29, 1.82) is 0 Å². The highest BCUT2D eigenvalue weighted by Gasteiger charge is 2.18. The van der Waals surface area contributed by atoms with E-state index >= 15 is 0 Å². The summed E-state index contributed by atoms with van der Waals surface area (Å²) in [7, 11) is 4.60. The minimum absolute atomic E-state index is 0.259. The molecule has 0 atom stereocenters. The minimum atomic E-state index is -0.475. The third-order valence-corrected chi connectivity index (χ3v) is 4.92. The molecule has 2 aromatic heterocycles. The molecule has 0 aliphatic carbocycles. The standard InChI is InChI=1S/C23H23N5O5/c1-31-14-16-11-20-26-27(23(30)28(20)22(24-16)15-7-5-4-6-8-15)13-21(29)25-18-10-9-17(32-2)12-19(18)33-3/h4-12H,13-14H2,1-3H3,(H,25,29). The Bertz CT molecular complexity index is 1350. The van der Waals surface area contributed by atoms with Crippen molar-refractivity contribution in [2.24, 2.45) is 0 Å². The van der Waals surface area contributed by atoms with Crippen LogP contribution in [0.3, 0.4) is 0 Å². The summed E-state index contributed by atoms with van der Waals surface area (Å²) in [6.07, 6.45) is 0. The highest BCUT2D eigenvalue weighted by atomic mass is 16.5. The molecule has 10 nitrogen and oxygen atoms in total. The van der Waals surface area contributed by atoms with Crippen molar-refractivity contribution in [2.45, 2.75) is 13.2 Å². The van der Waals surface area contributed by atoms with Crippen molar-refractivity contribution < 1.29 is 19.0 Å². The van der Waals surface area contributed by atoms with Crippen LogP contribution in [0, 0.1) is 0 Å². The zero-order chi connectivity index (χ0) is 23.4. The number of hydrogen-bond donors (Lipinski definition) is 1. The molecule has 0 unspecified atom stereocenters. The normalized spacial score (nSPS) is 10.9. The number of aromatic nitrogens is 4. The van der Waals surface area contributed by atoms with Crippen LogP contribution in [-0.2, 0) is 22.7 Å². The second-order valence-electron chi connectivity index (χ2n) is 7.12. The van der Waals surface area contributed by atoms with Gasteiger partial charge >= 0.3 is 5.69 Å². The predicted molar refractivity (Wildman–Crippen MR) is 122 cm³/mol. The van der Waals surface area contributed by atoms with Crippen LogP contribution in [0.5, 0.6) is 11.5 Å². The van der Waals surface area contributed by atoms with Crippen molar-refractivity contribution in [3.63, 3.8) is 0 Å². The Morgan fingerprint density at radius 2 is 1.82 bits per heavy atom. The highest BCUT2D eigenvalue weighted by molar-refractivity contribution is 5.92. The molecule has 1 N–H and O–H groups in total. The van der Waals surface area contributed by atoms with Crippen LogP contribution in [0.4, 0.5) is 5.69 Å². The zero-order valence-electron chi connectivity index (χ0n) is 18.4. The lowest BCUT2D eigenvalue weighted by Gasteiger charge is -2.11. The van der Waals surface area contributed by atoms with Crippen LogP contribution in [0.15, 0.2) is 59.4 Å². The first-order valence-electron chi connectivity index (χ1n) is 10.1. The van der Waals surface area contributed by atoms with E-state index in [1.165, 1.54) is 11.5 Å². The Balaban J connectivity index is 1.68. The molecule has 0 saturated heterocycles. The molecule has 170 valence electrons. The van der Waals surface area contributed by atoms with Gasteiger partial charge in [-0.15, -0.1) is 5.10 Å². The number of carbonyl (C=O) groups excluding carboxylic acids is 1. The smallest absolute Gasteiger partial charge is 0.352 e. The lowest BCUT2D eigenvalue weighted by molar-refractivity contribution is -0.117. The maximum Gasteiger partial charge on any atom is 0.352 e. The number of nitrogens with one attached hydrogen (secondary N) is 1. The first-order valence-corrected chi connectivity index (χ1v) is 10.1. The van der Waals surface area contributed by atoms with Gasteiger partial charge in [-0.2, -0.15) is 0 Å². The number of amides is 1. The Morgan fingerprint density at radius 1 is 1.03 bits per heavy atom. The second kappa shape index (κ2) is 9.53. The van der Waals surface area contributed by atoms with Gasteiger partial charge in [0, 0.05) is 24.8 Å². The average Bonchev–Trinajstić information content (AvgIpc) is 3.14. The zero-order valence-corrected chi connectivity index (χ0v) is 18.4. The molecule has 0 radical (unpaired) electrons.